The van der Waals surface area contributed by atoms with E-state index in [1.807, 2.05) is 6.07 Å². The van der Waals surface area contributed by atoms with Crippen molar-refractivity contribution in [1.29, 1.82) is 0 Å². The SMILES string of the molecule is CC(=O)OC(c1ccccc1)n1cnc2c1c(=O)n(C)c(=O)n2C. The van der Waals surface area contributed by atoms with Gasteiger partial charge in [0, 0.05) is 26.6 Å². The summed E-state index contributed by atoms with van der Waals surface area (Å²) in [6, 6.07) is 9.01. The Kier molecular flexibility index (Phi) is 3.80. The number of rotatable bonds is 3. The quantitative estimate of drug-likeness (QED) is 0.655. The second-order valence-electron chi connectivity index (χ2n) is 5.40. The highest BCUT2D eigenvalue weighted by Gasteiger charge is 2.23. The molecular formula is C16H16N4O4. The van der Waals surface area contributed by atoms with E-state index in [0.29, 0.717) is 5.56 Å². The van der Waals surface area contributed by atoms with E-state index >= 15 is 0 Å². The molecule has 0 saturated heterocycles. The van der Waals surface area contributed by atoms with Crippen molar-refractivity contribution in [2.75, 3.05) is 0 Å². The zero-order valence-corrected chi connectivity index (χ0v) is 13.5. The fourth-order valence-corrected chi connectivity index (χ4v) is 2.60. The molecule has 0 bridgehead atoms. The molecule has 1 aromatic carbocycles. The molecule has 2 heterocycles. The van der Waals surface area contributed by atoms with E-state index < -0.39 is 23.4 Å². The largest absolute Gasteiger partial charge is 0.437 e. The molecule has 3 rings (SSSR count). The lowest BCUT2D eigenvalue weighted by atomic mass is 10.2. The van der Waals surface area contributed by atoms with Crippen molar-refractivity contribution in [1.82, 2.24) is 18.7 Å². The van der Waals surface area contributed by atoms with Gasteiger partial charge >= 0.3 is 11.7 Å². The van der Waals surface area contributed by atoms with Gasteiger partial charge in [-0.2, -0.15) is 0 Å². The number of esters is 1. The van der Waals surface area contributed by atoms with Gasteiger partial charge in [-0.15, -0.1) is 0 Å². The molecule has 1 unspecified atom stereocenters. The number of aromatic nitrogens is 4. The van der Waals surface area contributed by atoms with Gasteiger partial charge in [0.2, 0.25) is 6.23 Å². The lowest BCUT2D eigenvalue weighted by Gasteiger charge is -2.19. The first-order valence-electron chi connectivity index (χ1n) is 7.26. The summed E-state index contributed by atoms with van der Waals surface area (Å²) in [6.45, 7) is 1.29. The van der Waals surface area contributed by atoms with Gasteiger partial charge in [0.15, 0.2) is 11.2 Å². The predicted molar refractivity (Wildman–Crippen MR) is 86.6 cm³/mol. The summed E-state index contributed by atoms with van der Waals surface area (Å²) in [5.74, 6) is -0.493. The van der Waals surface area contributed by atoms with Gasteiger partial charge in [-0.25, -0.2) is 9.78 Å². The lowest BCUT2D eigenvalue weighted by Crippen LogP contribution is -2.38. The topological polar surface area (TPSA) is 88.1 Å². The number of ether oxygens (including phenoxy) is 1. The van der Waals surface area contributed by atoms with Crippen LogP contribution in [0.5, 0.6) is 0 Å². The van der Waals surface area contributed by atoms with Crippen LogP contribution in [0.15, 0.2) is 46.2 Å². The molecule has 1 atom stereocenters. The maximum absolute atomic E-state index is 12.6. The number of aryl methyl sites for hydroxylation is 1. The number of hydrogen-bond acceptors (Lipinski definition) is 5. The molecule has 0 aliphatic heterocycles. The zero-order valence-electron chi connectivity index (χ0n) is 13.5. The summed E-state index contributed by atoms with van der Waals surface area (Å²) < 4.78 is 9.15. The average molecular weight is 328 g/mol. The lowest BCUT2D eigenvalue weighted by molar-refractivity contribution is -0.148. The maximum Gasteiger partial charge on any atom is 0.332 e. The number of carbonyl (C=O) groups excluding carboxylic acids is 1. The standard InChI is InChI=1S/C16H16N4O4/c1-10(21)24-15(11-7-5-4-6-8-11)20-9-17-13-12(20)14(22)19(3)16(23)18(13)2/h4-9,15H,1-3H3. The number of benzene rings is 1. The number of nitrogens with zero attached hydrogens (tertiary/aromatic N) is 4. The first kappa shape index (κ1) is 15.7. The molecule has 8 heteroatoms. The van der Waals surface area contributed by atoms with E-state index in [9.17, 15) is 14.4 Å². The van der Waals surface area contributed by atoms with Crippen LogP contribution in [-0.2, 0) is 23.6 Å². The molecule has 2 aromatic heterocycles. The summed E-state index contributed by atoms with van der Waals surface area (Å²) in [4.78, 5) is 40.3. The third-order valence-electron chi connectivity index (χ3n) is 3.79. The van der Waals surface area contributed by atoms with Crippen LogP contribution in [0.2, 0.25) is 0 Å². The Balaban J connectivity index is 2.32. The van der Waals surface area contributed by atoms with Crippen LogP contribution < -0.4 is 11.2 Å². The predicted octanol–water partition coefficient (Wildman–Crippen LogP) is 0.544. The Morgan fingerprint density at radius 1 is 1.12 bits per heavy atom. The third-order valence-corrected chi connectivity index (χ3v) is 3.79. The van der Waals surface area contributed by atoms with E-state index in [4.69, 9.17) is 4.74 Å². The van der Waals surface area contributed by atoms with Gasteiger partial charge in [0.05, 0.1) is 0 Å². The van der Waals surface area contributed by atoms with E-state index in [2.05, 4.69) is 4.98 Å². The molecule has 3 aromatic rings. The molecule has 0 fully saturated rings. The minimum absolute atomic E-state index is 0.190. The molecule has 0 radical (unpaired) electrons. The van der Waals surface area contributed by atoms with Gasteiger partial charge in [-0.05, 0) is 0 Å². The summed E-state index contributed by atoms with van der Waals surface area (Å²) in [5.41, 5.74) is 0.133. The molecule has 0 aliphatic carbocycles. The van der Waals surface area contributed by atoms with Crippen LogP contribution in [-0.4, -0.2) is 24.7 Å². The van der Waals surface area contributed by atoms with Crippen LogP contribution in [0, 0.1) is 0 Å². The molecule has 124 valence electrons. The van der Waals surface area contributed by atoms with Crippen molar-refractivity contribution in [2.45, 2.75) is 13.2 Å². The number of carbonyl (C=O) groups is 1. The molecule has 0 aliphatic rings. The molecule has 0 saturated carbocycles. The van der Waals surface area contributed by atoms with Crippen molar-refractivity contribution < 1.29 is 9.53 Å². The Bertz CT molecular complexity index is 1030. The number of fused-ring (bicyclic) bond motifs is 1. The maximum atomic E-state index is 12.6. The Morgan fingerprint density at radius 2 is 1.79 bits per heavy atom. The van der Waals surface area contributed by atoms with Crippen molar-refractivity contribution >= 4 is 17.1 Å². The highest BCUT2D eigenvalue weighted by Crippen LogP contribution is 2.23. The minimum Gasteiger partial charge on any atom is -0.437 e. The minimum atomic E-state index is -0.848. The van der Waals surface area contributed by atoms with E-state index in [0.717, 1.165) is 4.57 Å². The molecule has 0 amide bonds. The molecule has 8 nitrogen and oxygen atoms in total. The summed E-state index contributed by atoms with van der Waals surface area (Å²) in [6.07, 6.45) is 0.547. The summed E-state index contributed by atoms with van der Waals surface area (Å²) >= 11 is 0. The second kappa shape index (κ2) is 5.80. The van der Waals surface area contributed by atoms with Crippen molar-refractivity contribution in [2.24, 2.45) is 14.1 Å². The smallest absolute Gasteiger partial charge is 0.332 e. The number of imidazole rings is 1. The first-order valence-corrected chi connectivity index (χ1v) is 7.26. The van der Waals surface area contributed by atoms with Crippen molar-refractivity contribution in [3.05, 3.63) is 63.1 Å². The molecule has 0 spiro atoms. The second-order valence-corrected chi connectivity index (χ2v) is 5.40. The monoisotopic (exact) mass is 328 g/mol. The highest BCUT2D eigenvalue weighted by molar-refractivity contribution is 5.71. The molecular weight excluding hydrogens is 312 g/mol. The summed E-state index contributed by atoms with van der Waals surface area (Å²) in [7, 11) is 2.93. The van der Waals surface area contributed by atoms with Crippen LogP contribution in [0.25, 0.3) is 11.2 Å². The third kappa shape index (κ3) is 2.41. The Morgan fingerprint density at radius 3 is 2.42 bits per heavy atom. The normalized spacial score (nSPS) is 12.3. The van der Waals surface area contributed by atoms with Gasteiger partial charge in [0.1, 0.15) is 6.33 Å². The van der Waals surface area contributed by atoms with Gasteiger partial charge < -0.3 is 4.74 Å². The highest BCUT2D eigenvalue weighted by atomic mass is 16.6. The first-order chi connectivity index (χ1) is 11.4. The molecule has 0 N–H and O–H groups in total. The Hall–Kier alpha value is -3.16. The van der Waals surface area contributed by atoms with Crippen molar-refractivity contribution in [3.63, 3.8) is 0 Å². The molecule has 24 heavy (non-hydrogen) atoms. The van der Waals surface area contributed by atoms with E-state index in [1.54, 1.807) is 24.3 Å². The van der Waals surface area contributed by atoms with E-state index in [-0.39, 0.29) is 11.2 Å². The fraction of sp³-hybridized carbons (Fsp3) is 0.250. The van der Waals surface area contributed by atoms with Crippen LogP contribution in [0.1, 0.15) is 18.7 Å². The average Bonchev–Trinajstić information content (AvgIpc) is 3.01. The van der Waals surface area contributed by atoms with Gasteiger partial charge in [-0.1, -0.05) is 30.3 Å². The van der Waals surface area contributed by atoms with Crippen molar-refractivity contribution in [3.8, 4) is 0 Å². The summed E-state index contributed by atoms with van der Waals surface area (Å²) in [5, 5.41) is 0. The zero-order chi connectivity index (χ0) is 17.4. The van der Waals surface area contributed by atoms with Gasteiger partial charge in [0.25, 0.3) is 5.56 Å². The Labute approximate surface area is 136 Å². The van der Waals surface area contributed by atoms with E-state index in [1.165, 1.54) is 36.5 Å². The van der Waals surface area contributed by atoms with Crippen LogP contribution >= 0.6 is 0 Å². The number of hydrogen-bond donors (Lipinski definition) is 0. The van der Waals surface area contributed by atoms with Gasteiger partial charge in [-0.3, -0.25) is 23.3 Å². The van der Waals surface area contributed by atoms with Crippen LogP contribution in [0.3, 0.4) is 0 Å². The fourth-order valence-electron chi connectivity index (χ4n) is 2.60. The van der Waals surface area contributed by atoms with Crippen LogP contribution in [0.4, 0.5) is 0 Å².